The van der Waals surface area contributed by atoms with E-state index in [1.54, 1.807) is 0 Å². The fourth-order valence-electron chi connectivity index (χ4n) is 1.20. The zero-order valence-corrected chi connectivity index (χ0v) is 13.6. The molecule has 1 heteroatoms. The maximum Gasteiger partial charge on any atom is 0.0829 e. The lowest BCUT2D eigenvalue weighted by atomic mass is 9.80. The number of aliphatic hydroxyl groups excluding tert-OH is 1. The summed E-state index contributed by atoms with van der Waals surface area (Å²) in [7, 11) is 0. The Kier molecular flexibility index (Phi) is 8.80. The van der Waals surface area contributed by atoms with Gasteiger partial charge in [0.15, 0.2) is 0 Å². The Balaban J connectivity index is 0. The summed E-state index contributed by atoms with van der Waals surface area (Å²) in [6.45, 7) is 20.7. The molecular formula is C17H32O. The summed E-state index contributed by atoms with van der Waals surface area (Å²) in [5, 5.41) is 9.23. The monoisotopic (exact) mass is 252 g/mol. The molecule has 18 heavy (non-hydrogen) atoms. The van der Waals surface area contributed by atoms with Gasteiger partial charge in [0, 0.05) is 0 Å². The molecule has 0 aromatic rings. The molecule has 0 aromatic heterocycles. The quantitative estimate of drug-likeness (QED) is 0.468. The minimum atomic E-state index is -0.0474. The van der Waals surface area contributed by atoms with Crippen LogP contribution in [0, 0.1) is 10.8 Å². The van der Waals surface area contributed by atoms with Crippen molar-refractivity contribution < 1.29 is 5.11 Å². The van der Waals surface area contributed by atoms with Gasteiger partial charge < -0.3 is 5.11 Å². The Bertz CT molecular complexity index is 293. The molecule has 0 aliphatic rings. The van der Waals surface area contributed by atoms with Gasteiger partial charge in [-0.2, -0.15) is 0 Å². The number of hydrogen-bond donors (Lipinski definition) is 1. The summed E-state index contributed by atoms with van der Waals surface area (Å²) in [6.07, 6.45) is 6.32. The van der Waals surface area contributed by atoms with Crippen LogP contribution in [0.2, 0.25) is 0 Å². The van der Waals surface area contributed by atoms with Gasteiger partial charge in [-0.25, -0.2) is 0 Å². The fourth-order valence-corrected chi connectivity index (χ4v) is 1.20. The molecule has 0 atom stereocenters. The third-order valence-corrected chi connectivity index (χ3v) is 2.40. The molecule has 0 bridgehead atoms. The van der Waals surface area contributed by atoms with Crippen LogP contribution in [0.1, 0.15) is 61.8 Å². The fraction of sp³-hybridized carbons (Fsp3) is 0.647. The first-order valence-corrected chi connectivity index (χ1v) is 6.74. The van der Waals surface area contributed by atoms with Crippen molar-refractivity contribution in [2.45, 2.75) is 61.8 Å². The third-order valence-electron chi connectivity index (χ3n) is 2.40. The molecular weight excluding hydrogens is 220 g/mol. The molecule has 0 aliphatic carbocycles. The van der Waals surface area contributed by atoms with Gasteiger partial charge in [-0.1, -0.05) is 80.5 Å². The minimum absolute atomic E-state index is 0.0474. The van der Waals surface area contributed by atoms with Crippen molar-refractivity contribution in [1.82, 2.24) is 0 Å². The average molecular weight is 252 g/mol. The van der Waals surface area contributed by atoms with Crippen LogP contribution in [0.25, 0.3) is 0 Å². The standard InChI is InChI=1S/C14H24O.C3H8/c1-8-11(13(2,3)4)9-12(10-15)14(5,6)7;1-3-2/h8-10,15H,1H2,2-7H3;3H2,1-2H3/b11-9+,12-10-;. The lowest BCUT2D eigenvalue weighted by molar-refractivity contribution is 0.430. The number of allylic oxidation sites excluding steroid dienone is 4. The van der Waals surface area contributed by atoms with E-state index in [1.807, 2.05) is 12.2 Å². The van der Waals surface area contributed by atoms with Crippen LogP contribution in [0.4, 0.5) is 0 Å². The number of hydrogen-bond acceptors (Lipinski definition) is 1. The molecule has 0 unspecified atom stereocenters. The van der Waals surface area contributed by atoms with E-state index in [4.69, 9.17) is 0 Å². The summed E-state index contributed by atoms with van der Waals surface area (Å²) < 4.78 is 0. The first-order chi connectivity index (χ1) is 8.04. The maximum absolute atomic E-state index is 9.23. The zero-order chi connectivity index (χ0) is 15.0. The summed E-state index contributed by atoms with van der Waals surface area (Å²) in [6, 6.07) is 0. The summed E-state index contributed by atoms with van der Waals surface area (Å²) in [5.74, 6) is 0. The highest BCUT2D eigenvalue weighted by Crippen LogP contribution is 2.32. The first-order valence-electron chi connectivity index (χ1n) is 6.74. The minimum Gasteiger partial charge on any atom is -0.515 e. The first kappa shape index (κ1) is 19.4. The van der Waals surface area contributed by atoms with Gasteiger partial charge in [0.25, 0.3) is 0 Å². The molecule has 0 radical (unpaired) electrons. The second-order valence-electron chi connectivity index (χ2n) is 6.60. The van der Waals surface area contributed by atoms with Gasteiger partial charge in [0.2, 0.25) is 0 Å². The van der Waals surface area contributed by atoms with Crippen LogP contribution >= 0.6 is 0 Å². The summed E-state index contributed by atoms with van der Waals surface area (Å²) in [4.78, 5) is 0. The van der Waals surface area contributed by atoms with Crippen molar-refractivity contribution in [3.8, 4) is 0 Å². The molecule has 0 rings (SSSR count). The van der Waals surface area contributed by atoms with Crippen LogP contribution in [0.3, 0.4) is 0 Å². The smallest absolute Gasteiger partial charge is 0.0829 e. The van der Waals surface area contributed by atoms with Crippen molar-refractivity contribution >= 4 is 0 Å². The van der Waals surface area contributed by atoms with E-state index < -0.39 is 0 Å². The SMILES string of the molecule is C=C/C(=C\C(=C\O)C(C)(C)C)C(C)(C)C.CCC. The topological polar surface area (TPSA) is 20.2 Å². The van der Waals surface area contributed by atoms with Crippen molar-refractivity contribution in [1.29, 1.82) is 0 Å². The lowest BCUT2D eigenvalue weighted by Crippen LogP contribution is -2.12. The highest BCUT2D eigenvalue weighted by atomic mass is 16.2. The van der Waals surface area contributed by atoms with E-state index in [9.17, 15) is 5.11 Å². The second-order valence-corrected chi connectivity index (χ2v) is 6.60. The summed E-state index contributed by atoms with van der Waals surface area (Å²) in [5.41, 5.74) is 2.07. The molecule has 0 spiro atoms. The molecule has 106 valence electrons. The second kappa shape index (κ2) is 8.18. The van der Waals surface area contributed by atoms with Gasteiger partial charge in [-0.15, -0.1) is 0 Å². The van der Waals surface area contributed by atoms with E-state index in [-0.39, 0.29) is 10.8 Å². The van der Waals surface area contributed by atoms with E-state index in [0.717, 1.165) is 11.1 Å². The Morgan fingerprint density at radius 1 is 0.944 bits per heavy atom. The van der Waals surface area contributed by atoms with Gasteiger partial charge in [0.1, 0.15) is 0 Å². The highest BCUT2D eigenvalue weighted by molar-refractivity contribution is 5.34. The molecule has 0 saturated carbocycles. The van der Waals surface area contributed by atoms with Gasteiger partial charge in [0.05, 0.1) is 6.26 Å². The van der Waals surface area contributed by atoms with Gasteiger partial charge in [-0.05, 0) is 22.0 Å². The van der Waals surface area contributed by atoms with Crippen LogP contribution < -0.4 is 0 Å². The normalized spacial score (nSPS) is 13.8. The third kappa shape index (κ3) is 8.16. The molecule has 0 heterocycles. The van der Waals surface area contributed by atoms with E-state index in [0.29, 0.717) is 0 Å². The maximum atomic E-state index is 9.23. The summed E-state index contributed by atoms with van der Waals surface area (Å²) >= 11 is 0. The van der Waals surface area contributed by atoms with Gasteiger partial charge in [-0.3, -0.25) is 0 Å². The molecule has 0 amide bonds. The van der Waals surface area contributed by atoms with Crippen molar-refractivity contribution in [2.24, 2.45) is 10.8 Å². The average Bonchev–Trinajstić information content (AvgIpc) is 2.16. The van der Waals surface area contributed by atoms with E-state index in [2.05, 4.69) is 62.0 Å². The van der Waals surface area contributed by atoms with Crippen molar-refractivity contribution in [2.75, 3.05) is 0 Å². The predicted octanol–water partition coefficient (Wildman–Crippen LogP) is 6.05. The number of aliphatic hydroxyl groups is 1. The highest BCUT2D eigenvalue weighted by Gasteiger charge is 2.19. The van der Waals surface area contributed by atoms with Crippen molar-refractivity contribution in [3.05, 3.63) is 36.1 Å². The van der Waals surface area contributed by atoms with Crippen molar-refractivity contribution in [3.63, 3.8) is 0 Å². The van der Waals surface area contributed by atoms with Crippen LogP contribution in [0.5, 0.6) is 0 Å². The largest absolute Gasteiger partial charge is 0.515 e. The Hall–Kier alpha value is -0.980. The zero-order valence-electron chi connectivity index (χ0n) is 13.6. The van der Waals surface area contributed by atoms with Crippen LogP contribution in [-0.4, -0.2) is 5.11 Å². The molecule has 0 aromatic carbocycles. The number of rotatable bonds is 2. The van der Waals surface area contributed by atoms with Crippen LogP contribution in [0.15, 0.2) is 36.1 Å². The molecule has 0 aliphatic heterocycles. The Labute approximate surface area is 114 Å². The molecule has 1 N–H and O–H groups in total. The van der Waals surface area contributed by atoms with E-state index >= 15 is 0 Å². The predicted molar refractivity (Wildman–Crippen MR) is 83.9 cm³/mol. The van der Waals surface area contributed by atoms with E-state index in [1.165, 1.54) is 12.7 Å². The van der Waals surface area contributed by atoms with Gasteiger partial charge >= 0.3 is 0 Å². The molecule has 0 fully saturated rings. The van der Waals surface area contributed by atoms with Crippen LogP contribution in [-0.2, 0) is 0 Å². The Morgan fingerprint density at radius 2 is 1.28 bits per heavy atom. The molecule has 1 nitrogen and oxygen atoms in total. The Morgan fingerprint density at radius 3 is 1.44 bits per heavy atom. The molecule has 0 saturated heterocycles. The lowest BCUT2D eigenvalue weighted by Gasteiger charge is -2.24.